The first kappa shape index (κ1) is 23.3. The molecule has 0 aromatic heterocycles. The first-order chi connectivity index (χ1) is 14.1. The minimum atomic E-state index is -4.93. The van der Waals surface area contributed by atoms with E-state index in [1.165, 1.54) is 6.07 Å². The molecule has 0 unspecified atom stereocenters. The summed E-state index contributed by atoms with van der Waals surface area (Å²) in [4.78, 5) is 37.4. The van der Waals surface area contributed by atoms with Gasteiger partial charge in [-0.15, -0.1) is 0 Å². The zero-order chi connectivity index (χ0) is 22.5. The number of esters is 2. The molecular formula is C18H19ClF3N3O5. The number of ether oxygens (including phenoxy) is 2. The van der Waals surface area contributed by atoms with Gasteiger partial charge in [0.2, 0.25) is 0 Å². The third-order valence-electron chi connectivity index (χ3n) is 4.25. The Morgan fingerprint density at radius 3 is 2.27 bits per heavy atom. The summed E-state index contributed by atoms with van der Waals surface area (Å²) in [6.45, 7) is -0.0383. The van der Waals surface area contributed by atoms with Crippen LogP contribution in [0.1, 0.15) is 0 Å². The standard InChI is InChI=1S/C18H19ClF3N3O5/c1-29-15(26)10-13(16(27)30-2)23-12-9-11(19)3-4-14(12)24-5-7-25(8-6-24)17(28)18(20,21)22/h3-4,9-10,23H,5-8H2,1-2H3/b13-10+. The lowest BCUT2D eigenvalue weighted by atomic mass is 10.2. The van der Waals surface area contributed by atoms with Crippen LogP contribution in [0.15, 0.2) is 30.0 Å². The molecule has 1 aliphatic rings. The number of carbonyl (C=O) groups excluding carboxylic acids is 3. The topological polar surface area (TPSA) is 88.2 Å². The minimum absolute atomic E-state index is 0.117. The molecule has 1 heterocycles. The van der Waals surface area contributed by atoms with Crippen LogP contribution < -0.4 is 10.2 Å². The number of amides is 1. The monoisotopic (exact) mass is 449 g/mol. The van der Waals surface area contributed by atoms with E-state index in [0.29, 0.717) is 16.4 Å². The zero-order valence-electron chi connectivity index (χ0n) is 16.1. The zero-order valence-corrected chi connectivity index (χ0v) is 16.8. The van der Waals surface area contributed by atoms with Gasteiger partial charge in [0.15, 0.2) is 0 Å². The van der Waals surface area contributed by atoms with E-state index < -0.39 is 24.0 Å². The number of halogens is 4. The van der Waals surface area contributed by atoms with Gasteiger partial charge in [0.05, 0.1) is 31.7 Å². The van der Waals surface area contributed by atoms with Gasteiger partial charge in [0.25, 0.3) is 0 Å². The van der Waals surface area contributed by atoms with Crippen LogP contribution >= 0.6 is 11.6 Å². The lowest BCUT2D eigenvalue weighted by molar-refractivity contribution is -0.185. The smallest absolute Gasteiger partial charge is 0.466 e. The number of methoxy groups -OCH3 is 2. The van der Waals surface area contributed by atoms with Gasteiger partial charge < -0.3 is 24.6 Å². The molecule has 0 bridgehead atoms. The second-order valence-electron chi connectivity index (χ2n) is 6.14. The first-order valence-corrected chi connectivity index (χ1v) is 9.00. The number of hydrogen-bond donors (Lipinski definition) is 1. The summed E-state index contributed by atoms with van der Waals surface area (Å²) in [5.74, 6) is -3.52. The average molecular weight is 450 g/mol. The highest BCUT2D eigenvalue weighted by Gasteiger charge is 2.43. The summed E-state index contributed by atoms with van der Waals surface area (Å²) >= 11 is 6.04. The van der Waals surface area contributed by atoms with Gasteiger partial charge in [-0.05, 0) is 18.2 Å². The maximum Gasteiger partial charge on any atom is 0.471 e. The molecule has 0 saturated carbocycles. The molecule has 0 radical (unpaired) electrons. The molecule has 1 fully saturated rings. The van der Waals surface area contributed by atoms with Crippen LogP contribution in [-0.4, -0.2) is 69.3 Å². The molecule has 0 aliphatic carbocycles. The fraction of sp³-hybridized carbons (Fsp3) is 0.389. The molecule has 1 saturated heterocycles. The van der Waals surface area contributed by atoms with Crippen LogP contribution in [0.4, 0.5) is 24.5 Å². The van der Waals surface area contributed by atoms with Crippen molar-refractivity contribution in [3.63, 3.8) is 0 Å². The van der Waals surface area contributed by atoms with E-state index in [4.69, 9.17) is 11.6 Å². The number of alkyl halides is 3. The van der Waals surface area contributed by atoms with E-state index in [-0.39, 0.29) is 31.9 Å². The highest BCUT2D eigenvalue weighted by atomic mass is 35.5. The van der Waals surface area contributed by atoms with Crippen LogP contribution in [0.2, 0.25) is 5.02 Å². The van der Waals surface area contributed by atoms with Gasteiger partial charge in [-0.2, -0.15) is 13.2 Å². The van der Waals surface area contributed by atoms with E-state index in [9.17, 15) is 27.6 Å². The van der Waals surface area contributed by atoms with E-state index in [2.05, 4.69) is 14.8 Å². The Labute approximate surface area is 175 Å². The highest BCUT2D eigenvalue weighted by Crippen LogP contribution is 2.31. The molecule has 0 spiro atoms. The van der Waals surface area contributed by atoms with E-state index in [1.54, 1.807) is 17.0 Å². The number of benzene rings is 1. The molecule has 164 valence electrons. The highest BCUT2D eigenvalue weighted by molar-refractivity contribution is 6.31. The van der Waals surface area contributed by atoms with Gasteiger partial charge in [-0.1, -0.05) is 11.6 Å². The van der Waals surface area contributed by atoms with Crippen molar-refractivity contribution in [3.8, 4) is 0 Å². The summed E-state index contributed by atoms with van der Waals surface area (Å²) in [7, 11) is 2.27. The van der Waals surface area contributed by atoms with Crippen LogP contribution in [0.3, 0.4) is 0 Å². The Morgan fingerprint density at radius 2 is 1.73 bits per heavy atom. The van der Waals surface area contributed by atoms with Crippen LogP contribution in [0.5, 0.6) is 0 Å². The van der Waals surface area contributed by atoms with Crippen molar-refractivity contribution in [2.45, 2.75) is 6.18 Å². The Morgan fingerprint density at radius 1 is 1.10 bits per heavy atom. The second kappa shape index (κ2) is 9.70. The van der Waals surface area contributed by atoms with Gasteiger partial charge in [0, 0.05) is 31.2 Å². The minimum Gasteiger partial charge on any atom is -0.466 e. The molecule has 2 rings (SSSR count). The number of nitrogens with zero attached hydrogens (tertiary/aromatic N) is 2. The predicted octanol–water partition coefficient (Wildman–Crippen LogP) is 2.19. The van der Waals surface area contributed by atoms with Gasteiger partial charge in [-0.3, -0.25) is 4.79 Å². The van der Waals surface area contributed by atoms with Crippen molar-refractivity contribution in [2.75, 3.05) is 50.6 Å². The van der Waals surface area contributed by atoms with Gasteiger partial charge in [0.1, 0.15) is 5.70 Å². The SMILES string of the molecule is COC(=O)/C=C(/Nc1cc(Cl)ccc1N1CCN(C(=O)C(F)(F)F)CC1)C(=O)OC. The third-order valence-corrected chi connectivity index (χ3v) is 4.48. The summed E-state index contributed by atoms with van der Waals surface area (Å²) in [6, 6.07) is 4.66. The quantitative estimate of drug-likeness (QED) is 0.544. The average Bonchev–Trinajstić information content (AvgIpc) is 2.71. The molecule has 1 aromatic rings. The maximum absolute atomic E-state index is 12.6. The van der Waals surface area contributed by atoms with Crippen LogP contribution in [0, 0.1) is 0 Å². The van der Waals surface area contributed by atoms with Gasteiger partial charge >= 0.3 is 24.0 Å². The number of carbonyl (C=O) groups is 3. The molecule has 1 aromatic carbocycles. The Hall–Kier alpha value is -2.95. The van der Waals surface area contributed by atoms with Crippen molar-refractivity contribution >= 4 is 40.8 Å². The summed E-state index contributed by atoms with van der Waals surface area (Å²) in [5.41, 5.74) is 0.607. The molecular weight excluding hydrogens is 431 g/mol. The molecule has 12 heteroatoms. The van der Waals surface area contributed by atoms with E-state index >= 15 is 0 Å². The number of hydrogen-bond acceptors (Lipinski definition) is 7. The first-order valence-electron chi connectivity index (χ1n) is 8.62. The molecule has 1 aliphatic heterocycles. The lowest BCUT2D eigenvalue weighted by Gasteiger charge is -2.37. The summed E-state index contributed by atoms with van der Waals surface area (Å²) in [5, 5.41) is 3.07. The lowest BCUT2D eigenvalue weighted by Crippen LogP contribution is -2.52. The van der Waals surface area contributed by atoms with Crippen LogP contribution in [-0.2, 0) is 23.9 Å². The van der Waals surface area contributed by atoms with Crippen molar-refractivity contribution < 1.29 is 37.0 Å². The molecule has 1 N–H and O–H groups in total. The fourth-order valence-corrected chi connectivity index (χ4v) is 2.96. The van der Waals surface area contributed by atoms with Crippen molar-refractivity contribution in [1.82, 2.24) is 4.90 Å². The van der Waals surface area contributed by atoms with Crippen molar-refractivity contribution in [3.05, 3.63) is 35.0 Å². The van der Waals surface area contributed by atoms with Gasteiger partial charge in [-0.25, -0.2) is 9.59 Å². The summed E-state index contributed by atoms with van der Waals surface area (Å²) < 4.78 is 47.1. The van der Waals surface area contributed by atoms with E-state index in [0.717, 1.165) is 25.2 Å². The number of rotatable bonds is 5. The summed E-state index contributed by atoms with van der Waals surface area (Å²) in [6.07, 6.45) is -4.03. The fourth-order valence-electron chi connectivity index (χ4n) is 2.79. The number of nitrogens with one attached hydrogen (secondary N) is 1. The molecule has 30 heavy (non-hydrogen) atoms. The van der Waals surface area contributed by atoms with Crippen molar-refractivity contribution in [2.24, 2.45) is 0 Å². The molecule has 8 nitrogen and oxygen atoms in total. The number of anilines is 2. The van der Waals surface area contributed by atoms with Crippen molar-refractivity contribution in [1.29, 1.82) is 0 Å². The largest absolute Gasteiger partial charge is 0.471 e. The number of piperazine rings is 1. The Balaban J connectivity index is 2.25. The normalized spacial score (nSPS) is 14.9. The molecule has 0 atom stereocenters. The van der Waals surface area contributed by atoms with Crippen LogP contribution in [0.25, 0.3) is 0 Å². The van der Waals surface area contributed by atoms with E-state index in [1.807, 2.05) is 0 Å². The molecule has 1 amide bonds. The Kier molecular flexibility index (Phi) is 7.54. The Bertz CT molecular complexity index is 852. The third kappa shape index (κ3) is 5.78. The predicted molar refractivity (Wildman–Crippen MR) is 102 cm³/mol. The maximum atomic E-state index is 12.6. The second-order valence-corrected chi connectivity index (χ2v) is 6.57.